The molecule has 0 bridgehead atoms. The lowest BCUT2D eigenvalue weighted by atomic mass is 9.99. The van der Waals surface area contributed by atoms with Gasteiger partial charge in [-0.05, 0) is 13.0 Å². The van der Waals surface area contributed by atoms with E-state index in [0.717, 1.165) is 11.3 Å². The Morgan fingerprint density at radius 1 is 1.09 bits per heavy atom. The highest BCUT2D eigenvalue weighted by Crippen LogP contribution is 2.33. The second-order valence-electron chi connectivity index (χ2n) is 7.91. The third-order valence-electron chi connectivity index (χ3n) is 5.90. The summed E-state index contributed by atoms with van der Waals surface area (Å²) >= 11 is 0. The second-order valence-corrected chi connectivity index (χ2v) is 7.91. The van der Waals surface area contributed by atoms with Crippen LogP contribution in [0.2, 0.25) is 0 Å². The van der Waals surface area contributed by atoms with E-state index in [2.05, 4.69) is 24.8 Å². The van der Waals surface area contributed by atoms with Gasteiger partial charge in [-0.15, -0.1) is 0 Å². The molecule has 0 amide bonds. The minimum absolute atomic E-state index is 0.0680. The molecule has 2 unspecified atom stereocenters. The van der Waals surface area contributed by atoms with Crippen LogP contribution in [0, 0.1) is 5.82 Å². The molecule has 0 spiro atoms. The van der Waals surface area contributed by atoms with Gasteiger partial charge in [-0.1, -0.05) is 0 Å². The van der Waals surface area contributed by atoms with Crippen LogP contribution in [0.4, 0.5) is 16.0 Å². The van der Waals surface area contributed by atoms with E-state index in [0.29, 0.717) is 55.9 Å². The highest BCUT2D eigenvalue weighted by molar-refractivity contribution is 5.53. The van der Waals surface area contributed by atoms with Gasteiger partial charge in [-0.3, -0.25) is 0 Å². The quantitative estimate of drug-likeness (QED) is 0.655. The van der Waals surface area contributed by atoms with Crippen LogP contribution in [0.15, 0.2) is 36.8 Å². The van der Waals surface area contributed by atoms with Crippen LogP contribution in [0.3, 0.4) is 0 Å². The molecule has 5 heterocycles. The molecule has 3 aromatic rings. The molecule has 1 saturated heterocycles. The van der Waals surface area contributed by atoms with E-state index in [-0.39, 0.29) is 24.6 Å². The van der Waals surface area contributed by atoms with Crippen LogP contribution in [0.5, 0.6) is 0 Å². The molecule has 0 radical (unpaired) electrons. The van der Waals surface area contributed by atoms with Gasteiger partial charge >= 0.3 is 0 Å². The van der Waals surface area contributed by atoms with Crippen molar-refractivity contribution in [2.75, 3.05) is 42.6 Å². The fourth-order valence-electron chi connectivity index (χ4n) is 4.22. The zero-order valence-corrected chi connectivity index (χ0v) is 17.7. The Bertz CT molecular complexity index is 1100. The topological polar surface area (TPSA) is 100 Å². The second kappa shape index (κ2) is 8.71. The molecule has 5 rings (SSSR count). The lowest BCUT2D eigenvalue weighted by Crippen LogP contribution is -2.44. The molecule has 1 N–H and O–H groups in total. The summed E-state index contributed by atoms with van der Waals surface area (Å²) < 4.78 is 20.1. The Morgan fingerprint density at radius 3 is 2.72 bits per heavy atom. The lowest BCUT2D eigenvalue weighted by molar-refractivity contribution is 0.00335. The summed E-state index contributed by atoms with van der Waals surface area (Å²) in [5, 5.41) is 9.41. The normalized spacial score (nSPS) is 20.8. The van der Waals surface area contributed by atoms with Crippen LogP contribution >= 0.6 is 0 Å². The number of aromatic nitrogens is 5. The van der Waals surface area contributed by atoms with E-state index in [1.165, 1.54) is 12.1 Å². The van der Waals surface area contributed by atoms with Gasteiger partial charge in [-0.2, -0.15) is 0 Å². The third kappa shape index (κ3) is 3.98. The molecule has 0 saturated carbocycles. The summed E-state index contributed by atoms with van der Waals surface area (Å²) in [6.07, 6.45) is 5.52. The monoisotopic (exact) mass is 437 g/mol. The standard InChI is InChI=1S/C22H24FN7O2/c1-14-17-11-26-22(21-24-4-2-5-25-21)27-18(17)3-6-30(14)20-10-15(23)9-19(28-20)29-7-8-32-16(12-29)13-31/h2,4-5,9-11,14,16,31H,3,6-8,12-13H2,1H3. The predicted octanol–water partition coefficient (Wildman–Crippen LogP) is 1.79. The van der Waals surface area contributed by atoms with Crippen LogP contribution in [0.1, 0.15) is 24.2 Å². The van der Waals surface area contributed by atoms with Crippen molar-refractivity contribution in [3.8, 4) is 11.6 Å². The third-order valence-corrected chi connectivity index (χ3v) is 5.90. The molecule has 2 aliphatic rings. The van der Waals surface area contributed by atoms with Gasteiger partial charge in [0.25, 0.3) is 0 Å². The van der Waals surface area contributed by atoms with Crippen molar-refractivity contribution in [3.63, 3.8) is 0 Å². The van der Waals surface area contributed by atoms with Gasteiger partial charge in [0.05, 0.1) is 31.1 Å². The number of ether oxygens (including phenoxy) is 1. The van der Waals surface area contributed by atoms with Crippen molar-refractivity contribution in [2.45, 2.75) is 25.5 Å². The first-order valence-corrected chi connectivity index (χ1v) is 10.7. The summed E-state index contributed by atoms with van der Waals surface area (Å²) in [5.41, 5.74) is 1.93. The largest absolute Gasteiger partial charge is 0.394 e. The number of hydrogen-bond donors (Lipinski definition) is 1. The Hall–Kier alpha value is -3.24. The summed E-state index contributed by atoms with van der Waals surface area (Å²) in [4.78, 5) is 26.4. The van der Waals surface area contributed by atoms with Crippen LogP contribution in [-0.4, -0.2) is 69.0 Å². The van der Waals surface area contributed by atoms with E-state index in [9.17, 15) is 9.50 Å². The molecular weight excluding hydrogens is 413 g/mol. The van der Waals surface area contributed by atoms with E-state index in [4.69, 9.17) is 9.72 Å². The zero-order chi connectivity index (χ0) is 22.1. The molecule has 1 fully saturated rings. The number of aliphatic hydroxyl groups excluding tert-OH is 1. The maximum Gasteiger partial charge on any atom is 0.197 e. The first-order valence-electron chi connectivity index (χ1n) is 10.7. The maximum absolute atomic E-state index is 14.6. The van der Waals surface area contributed by atoms with Crippen molar-refractivity contribution < 1.29 is 14.2 Å². The van der Waals surface area contributed by atoms with Gasteiger partial charge in [-0.25, -0.2) is 29.3 Å². The number of pyridine rings is 1. The molecule has 2 aliphatic heterocycles. The fourth-order valence-corrected chi connectivity index (χ4v) is 4.22. The van der Waals surface area contributed by atoms with Crippen molar-refractivity contribution in [3.05, 3.63) is 53.9 Å². The van der Waals surface area contributed by atoms with E-state index >= 15 is 0 Å². The minimum Gasteiger partial charge on any atom is -0.394 e. The van der Waals surface area contributed by atoms with Crippen LogP contribution < -0.4 is 9.80 Å². The van der Waals surface area contributed by atoms with Crippen LogP contribution in [-0.2, 0) is 11.2 Å². The van der Waals surface area contributed by atoms with E-state index < -0.39 is 0 Å². The molecule has 3 aromatic heterocycles. The number of rotatable bonds is 4. The smallest absolute Gasteiger partial charge is 0.197 e. The Morgan fingerprint density at radius 2 is 1.91 bits per heavy atom. The van der Waals surface area contributed by atoms with Gasteiger partial charge in [0.15, 0.2) is 11.6 Å². The van der Waals surface area contributed by atoms with Gasteiger partial charge in [0.2, 0.25) is 0 Å². The van der Waals surface area contributed by atoms with Crippen molar-refractivity contribution >= 4 is 11.6 Å². The Balaban J connectivity index is 1.41. The number of aliphatic hydroxyl groups is 1. The van der Waals surface area contributed by atoms with Crippen LogP contribution in [0.25, 0.3) is 11.6 Å². The minimum atomic E-state index is -0.345. The number of halogens is 1. The average Bonchev–Trinajstić information content (AvgIpc) is 2.84. The summed E-state index contributed by atoms with van der Waals surface area (Å²) in [7, 11) is 0. The fraction of sp³-hybridized carbons (Fsp3) is 0.409. The average molecular weight is 437 g/mol. The highest BCUT2D eigenvalue weighted by Gasteiger charge is 2.29. The predicted molar refractivity (Wildman–Crippen MR) is 116 cm³/mol. The van der Waals surface area contributed by atoms with Gasteiger partial charge in [0, 0.05) is 62.3 Å². The first-order chi connectivity index (χ1) is 15.6. The number of fused-ring (bicyclic) bond motifs is 1. The zero-order valence-electron chi connectivity index (χ0n) is 17.7. The van der Waals surface area contributed by atoms with E-state index in [1.54, 1.807) is 24.7 Å². The Labute approximate surface area is 185 Å². The molecule has 32 heavy (non-hydrogen) atoms. The Kier molecular flexibility index (Phi) is 5.62. The first kappa shape index (κ1) is 20.7. The molecular formula is C22H24FN7O2. The molecule has 166 valence electrons. The summed E-state index contributed by atoms with van der Waals surface area (Å²) in [6.45, 7) is 4.17. The summed E-state index contributed by atoms with van der Waals surface area (Å²) in [6, 6.07) is 4.58. The van der Waals surface area contributed by atoms with Gasteiger partial charge in [0.1, 0.15) is 17.5 Å². The highest BCUT2D eigenvalue weighted by atomic mass is 19.1. The number of nitrogens with zero attached hydrogens (tertiary/aromatic N) is 7. The number of hydrogen-bond acceptors (Lipinski definition) is 9. The maximum atomic E-state index is 14.6. The van der Waals surface area contributed by atoms with Crippen molar-refractivity contribution in [1.29, 1.82) is 0 Å². The van der Waals surface area contributed by atoms with E-state index in [1.807, 2.05) is 11.8 Å². The molecule has 9 nitrogen and oxygen atoms in total. The van der Waals surface area contributed by atoms with Crippen molar-refractivity contribution in [1.82, 2.24) is 24.9 Å². The number of morpholine rings is 1. The lowest BCUT2D eigenvalue weighted by Gasteiger charge is -2.37. The molecule has 2 atom stereocenters. The molecule has 0 aliphatic carbocycles. The molecule has 10 heteroatoms. The molecule has 0 aromatic carbocycles. The summed E-state index contributed by atoms with van der Waals surface area (Å²) in [5.74, 6) is 1.77. The van der Waals surface area contributed by atoms with Gasteiger partial charge < -0.3 is 19.6 Å². The SMILES string of the molecule is CC1c2cnc(-c3ncccn3)nc2CCN1c1cc(F)cc(N2CCOC(CO)C2)n1. The van der Waals surface area contributed by atoms with Crippen molar-refractivity contribution in [2.24, 2.45) is 0 Å². The number of anilines is 2.